The number of hydrogen-bond donors (Lipinski definition) is 0. The Hall–Kier alpha value is -5.86. The van der Waals surface area contributed by atoms with Crippen LogP contribution in [0.5, 0.6) is 0 Å². The molecule has 0 atom stereocenters. The fourth-order valence-corrected chi connectivity index (χ4v) is 9.67. The molecule has 12 aromatic rings. The number of halogens is 2. The number of benzene rings is 10. The van der Waals surface area contributed by atoms with Gasteiger partial charge >= 0.3 is 30.2 Å². The molecule has 0 aliphatic carbocycles. The van der Waals surface area contributed by atoms with E-state index in [1.807, 2.05) is 0 Å². The molecule has 0 saturated carbocycles. The topological polar surface area (TPSA) is 0 Å². The van der Waals surface area contributed by atoms with Gasteiger partial charge in [-0.2, -0.15) is 12.1 Å². The first-order valence-corrected chi connectivity index (χ1v) is 25.4. The third-order valence-corrected chi connectivity index (χ3v) is 12.4. The first-order valence-electron chi connectivity index (χ1n) is 21.2. The molecule has 12 aromatic carbocycles. The van der Waals surface area contributed by atoms with Crippen LogP contribution in [0.4, 0.5) is 0 Å². The molecule has 0 spiro atoms. The van der Waals surface area contributed by atoms with Gasteiger partial charge in [0, 0.05) is 0 Å². The van der Waals surface area contributed by atoms with Gasteiger partial charge in [0.1, 0.15) is 0 Å². The molecule has 66 heavy (non-hydrogen) atoms. The van der Waals surface area contributed by atoms with Gasteiger partial charge in [-0.25, -0.2) is 0 Å². The quantitative estimate of drug-likeness (QED) is 0.122. The number of rotatable bonds is 4. The van der Waals surface area contributed by atoms with Crippen LogP contribution in [0.15, 0.2) is 218 Å². The molecule has 0 unspecified atom stereocenters. The Morgan fingerprint density at radius 3 is 0.818 bits per heavy atom. The summed E-state index contributed by atoms with van der Waals surface area (Å²) in [6.45, 7) is 7.45. The zero-order valence-electron chi connectivity index (χ0n) is 37.6. The van der Waals surface area contributed by atoms with E-state index >= 15 is 0 Å². The summed E-state index contributed by atoms with van der Waals surface area (Å²) in [6, 6.07) is 79.6. The minimum absolute atomic E-state index is 0. The summed E-state index contributed by atoms with van der Waals surface area (Å²) in [4.78, 5) is 0. The van der Waals surface area contributed by atoms with E-state index in [4.69, 9.17) is 0 Å². The Kier molecular flexibility index (Phi) is 16.2. The average Bonchev–Trinajstić information content (AvgIpc) is 3.93. The summed E-state index contributed by atoms with van der Waals surface area (Å²) < 4.78 is 0. The molecule has 0 aromatic heterocycles. The van der Waals surface area contributed by atoms with Crippen molar-refractivity contribution in [1.29, 1.82) is 0 Å². The van der Waals surface area contributed by atoms with Crippen LogP contribution in [0.2, 0.25) is 0 Å². The SMILES string of the molecule is Cc1cc2c(-c3cccc4ccccc34)ccc(-c3cccc4ccccc34)c2[cH-]1.Cc1cc2c(-c3cccc4ccccc34)ccc(-c3cccc4ccccc34)c2[cH-]1.Cl.Cl.[CH3-].[CH3-].[Si]=[Zr]. The molecule has 2 radical (unpaired) electrons. The van der Waals surface area contributed by atoms with E-state index in [0.717, 1.165) is 0 Å². The van der Waals surface area contributed by atoms with Crippen molar-refractivity contribution in [2.45, 2.75) is 13.8 Å². The average molecular weight is 985 g/mol. The van der Waals surface area contributed by atoms with Crippen molar-refractivity contribution >= 4 is 96.3 Å². The number of hydrogen-bond acceptors (Lipinski definition) is 0. The number of aryl methyl sites for hydroxylation is 2. The van der Waals surface area contributed by atoms with Crippen LogP contribution >= 0.6 is 24.8 Å². The molecule has 0 heterocycles. The van der Waals surface area contributed by atoms with E-state index in [-0.39, 0.29) is 39.7 Å². The Bertz CT molecular complexity index is 3120. The van der Waals surface area contributed by atoms with E-state index < -0.39 is 0 Å². The van der Waals surface area contributed by atoms with Crippen molar-refractivity contribution < 1.29 is 23.3 Å². The van der Waals surface area contributed by atoms with Gasteiger partial charge in [0.25, 0.3) is 0 Å². The molecule has 12 rings (SSSR count). The Labute approximate surface area is 419 Å². The molecular formula is C62H50Cl2SiZr-4. The van der Waals surface area contributed by atoms with Crippen LogP contribution in [-0.2, 0) is 23.3 Å². The molecule has 0 bridgehead atoms. The Balaban J connectivity index is 0.000000199. The Morgan fingerprint density at radius 1 is 0.288 bits per heavy atom. The van der Waals surface area contributed by atoms with Crippen LogP contribution in [0.1, 0.15) is 11.1 Å². The standard InChI is InChI=1S/2C30H21.2CH3.2ClH.Si.Zr/c2*1-20-18-29-27(25-14-6-10-21-8-2-4-12-23(21)25)16-17-28(30(29)19-20)26-15-7-11-22-9-3-5-13-24(22)26;;;;;;/h2*2-19H,1H3;2*1H3;2*1H;;/q4*-1;;;;. The van der Waals surface area contributed by atoms with Crippen molar-refractivity contribution in [2.24, 2.45) is 0 Å². The molecule has 0 aliphatic heterocycles. The van der Waals surface area contributed by atoms with Crippen LogP contribution < -0.4 is 0 Å². The van der Waals surface area contributed by atoms with Crippen LogP contribution in [0, 0.1) is 28.7 Å². The molecule has 0 aliphatic rings. The predicted molar refractivity (Wildman–Crippen MR) is 293 cm³/mol. The Morgan fingerprint density at radius 2 is 0.515 bits per heavy atom. The van der Waals surface area contributed by atoms with Gasteiger partial charge in [-0.1, -0.05) is 241 Å². The summed E-state index contributed by atoms with van der Waals surface area (Å²) in [7, 11) is 0. The maximum absolute atomic E-state index is 3.06. The van der Waals surface area contributed by atoms with Gasteiger partial charge in [-0.3, -0.25) is 0 Å². The second kappa shape index (κ2) is 21.6. The summed E-state index contributed by atoms with van der Waals surface area (Å²) >= 11 is 1.36. The van der Waals surface area contributed by atoms with E-state index in [1.54, 1.807) is 0 Å². The second-order valence-corrected chi connectivity index (χ2v) is 16.1. The molecular weight excluding hydrogens is 935 g/mol. The van der Waals surface area contributed by atoms with E-state index in [0.29, 0.717) is 0 Å². The van der Waals surface area contributed by atoms with Gasteiger partial charge < -0.3 is 14.9 Å². The van der Waals surface area contributed by atoms with Crippen LogP contribution in [-0.4, -0.2) is 6.88 Å². The summed E-state index contributed by atoms with van der Waals surface area (Å²) in [5.41, 5.74) is 13.0. The molecule has 0 fully saturated rings. The fraction of sp³-hybridized carbons (Fsp3) is 0.0323. The zero-order valence-corrected chi connectivity index (χ0v) is 42.7. The number of fused-ring (bicyclic) bond motifs is 6. The van der Waals surface area contributed by atoms with Crippen molar-refractivity contribution in [3.8, 4) is 44.5 Å². The maximum atomic E-state index is 3.06. The third kappa shape index (κ3) is 9.14. The molecule has 0 saturated heterocycles. The predicted octanol–water partition coefficient (Wildman–Crippen LogP) is 18.4. The second-order valence-electron chi connectivity index (χ2n) is 16.1. The van der Waals surface area contributed by atoms with Crippen molar-refractivity contribution in [2.75, 3.05) is 0 Å². The van der Waals surface area contributed by atoms with Gasteiger partial charge in [-0.15, -0.1) is 69.6 Å². The van der Waals surface area contributed by atoms with E-state index in [9.17, 15) is 0 Å². The van der Waals surface area contributed by atoms with Crippen molar-refractivity contribution in [3.63, 3.8) is 0 Å². The minimum atomic E-state index is 0. The summed E-state index contributed by atoms with van der Waals surface area (Å²) in [6.07, 6.45) is 0. The van der Waals surface area contributed by atoms with Gasteiger partial charge in [0.05, 0.1) is 0 Å². The first-order chi connectivity index (χ1) is 30.6. The first kappa shape index (κ1) is 49.6. The van der Waals surface area contributed by atoms with Crippen LogP contribution in [0.25, 0.3) is 109 Å². The molecule has 0 N–H and O–H groups in total. The summed E-state index contributed by atoms with van der Waals surface area (Å²) in [5.74, 6) is 0. The van der Waals surface area contributed by atoms with Gasteiger partial charge in [0.2, 0.25) is 0 Å². The molecule has 0 nitrogen and oxygen atoms in total. The third-order valence-electron chi connectivity index (χ3n) is 12.4. The van der Waals surface area contributed by atoms with Gasteiger partial charge in [0.15, 0.2) is 0 Å². The van der Waals surface area contributed by atoms with E-state index in [2.05, 4.69) is 239 Å². The zero-order chi connectivity index (χ0) is 42.2. The van der Waals surface area contributed by atoms with Crippen LogP contribution in [0.3, 0.4) is 0 Å². The van der Waals surface area contributed by atoms with Crippen molar-refractivity contribution in [1.82, 2.24) is 0 Å². The molecule has 4 heteroatoms. The normalized spacial score (nSPS) is 10.5. The monoisotopic (exact) mass is 982 g/mol. The fourth-order valence-electron chi connectivity index (χ4n) is 9.67. The molecule has 0 amide bonds. The van der Waals surface area contributed by atoms with E-state index in [1.165, 1.54) is 144 Å². The molecule has 324 valence electrons. The van der Waals surface area contributed by atoms with Crippen molar-refractivity contribution in [3.05, 3.63) is 244 Å². The van der Waals surface area contributed by atoms with Gasteiger partial charge in [-0.05, 0) is 54.2 Å². The summed E-state index contributed by atoms with van der Waals surface area (Å²) in [5, 5.41) is 15.7.